The zero-order valence-corrected chi connectivity index (χ0v) is 13.2. The molecule has 21 heavy (non-hydrogen) atoms. The zero-order valence-electron chi connectivity index (χ0n) is 13.2. The fraction of sp³-hybridized carbons (Fsp3) is 0.588. The smallest absolute Gasteiger partial charge is 0.252 e. The first-order valence-corrected chi connectivity index (χ1v) is 7.77. The van der Waals surface area contributed by atoms with Crippen LogP contribution >= 0.6 is 0 Å². The number of hydrogen-bond acceptors (Lipinski definition) is 3. The number of methoxy groups -OCH3 is 1. The Kier molecular flexibility index (Phi) is 5.37. The third-order valence-corrected chi connectivity index (χ3v) is 4.45. The molecular weight excluding hydrogens is 264 g/mol. The molecular formula is C17H26N2O2. The van der Waals surface area contributed by atoms with Crippen molar-refractivity contribution in [3.05, 3.63) is 35.4 Å². The van der Waals surface area contributed by atoms with Gasteiger partial charge in [-0.2, -0.15) is 0 Å². The van der Waals surface area contributed by atoms with Crippen molar-refractivity contribution < 1.29 is 9.53 Å². The molecule has 0 aromatic heterocycles. The van der Waals surface area contributed by atoms with E-state index in [9.17, 15) is 4.79 Å². The summed E-state index contributed by atoms with van der Waals surface area (Å²) in [6.45, 7) is 5.80. The van der Waals surface area contributed by atoms with Crippen molar-refractivity contribution in [2.45, 2.75) is 44.8 Å². The number of amides is 1. The lowest BCUT2D eigenvalue weighted by atomic mass is 9.90. The van der Waals surface area contributed by atoms with Crippen LogP contribution in [0.1, 0.15) is 43.9 Å². The second-order valence-corrected chi connectivity index (χ2v) is 5.74. The van der Waals surface area contributed by atoms with Gasteiger partial charge in [0.25, 0.3) is 5.91 Å². The molecule has 4 heteroatoms. The molecule has 1 aromatic rings. The molecule has 1 atom stereocenters. The summed E-state index contributed by atoms with van der Waals surface area (Å²) in [4.78, 5) is 12.6. The first-order chi connectivity index (χ1) is 10.1. The van der Waals surface area contributed by atoms with E-state index in [1.807, 2.05) is 6.92 Å². The van der Waals surface area contributed by atoms with Gasteiger partial charge in [-0.15, -0.1) is 0 Å². The van der Waals surface area contributed by atoms with Crippen LogP contribution in [0.5, 0.6) is 0 Å². The fourth-order valence-corrected chi connectivity index (χ4v) is 2.81. The van der Waals surface area contributed by atoms with E-state index in [4.69, 9.17) is 4.74 Å². The van der Waals surface area contributed by atoms with Crippen LogP contribution in [0, 0.1) is 0 Å². The van der Waals surface area contributed by atoms with Crippen LogP contribution in [0.2, 0.25) is 0 Å². The Morgan fingerprint density at radius 3 is 2.48 bits per heavy atom. The highest BCUT2D eigenvalue weighted by Gasteiger charge is 2.40. The van der Waals surface area contributed by atoms with Gasteiger partial charge in [-0.05, 0) is 50.4 Å². The molecule has 1 amide bonds. The van der Waals surface area contributed by atoms with Crippen molar-refractivity contribution in [2.24, 2.45) is 0 Å². The van der Waals surface area contributed by atoms with Gasteiger partial charge in [0.15, 0.2) is 0 Å². The van der Waals surface area contributed by atoms with Crippen LogP contribution < -0.4 is 10.6 Å². The lowest BCUT2D eigenvalue weighted by molar-refractivity contribution is -0.147. The number of piperidine rings is 1. The van der Waals surface area contributed by atoms with Crippen LogP contribution in [0.4, 0.5) is 0 Å². The summed E-state index contributed by atoms with van der Waals surface area (Å²) in [5.41, 5.74) is 1.76. The molecule has 0 spiro atoms. The van der Waals surface area contributed by atoms with Gasteiger partial charge in [0.05, 0.1) is 6.04 Å². The maximum absolute atomic E-state index is 12.6. The van der Waals surface area contributed by atoms with Crippen molar-refractivity contribution in [1.82, 2.24) is 10.6 Å². The van der Waals surface area contributed by atoms with Gasteiger partial charge in [-0.3, -0.25) is 4.79 Å². The summed E-state index contributed by atoms with van der Waals surface area (Å²) < 4.78 is 5.56. The summed E-state index contributed by atoms with van der Waals surface area (Å²) >= 11 is 0. The topological polar surface area (TPSA) is 50.4 Å². The molecule has 4 nitrogen and oxygen atoms in total. The maximum atomic E-state index is 12.6. The predicted octanol–water partition coefficient (Wildman–Crippen LogP) is 2.19. The van der Waals surface area contributed by atoms with Crippen LogP contribution in [-0.2, 0) is 16.0 Å². The molecule has 1 aliphatic heterocycles. The first kappa shape index (κ1) is 16.0. The summed E-state index contributed by atoms with van der Waals surface area (Å²) in [6.07, 6.45) is 2.47. The van der Waals surface area contributed by atoms with E-state index >= 15 is 0 Å². The summed E-state index contributed by atoms with van der Waals surface area (Å²) in [6, 6.07) is 8.41. The largest absolute Gasteiger partial charge is 0.368 e. The molecule has 2 N–H and O–H groups in total. The number of rotatable bonds is 5. The van der Waals surface area contributed by atoms with E-state index < -0.39 is 5.60 Å². The van der Waals surface area contributed by atoms with Gasteiger partial charge in [-0.1, -0.05) is 31.2 Å². The minimum atomic E-state index is -0.678. The average Bonchev–Trinajstić information content (AvgIpc) is 2.55. The van der Waals surface area contributed by atoms with Gasteiger partial charge in [0, 0.05) is 7.11 Å². The van der Waals surface area contributed by atoms with Crippen molar-refractivity contribution in [3.63, 3.8) is 0 Å². The highest BCUT2D eigenvalue weighted by Crippen LogP contribution is 2.24. The molecule has 1 unspecified atom stereocenters. The Morgan fingerprint density at radius 2 is 1.95 bits per heavy atom. The number of hydrogen-bond donors (Lipinski definition) is 2. The van der Waals surface area contributed by atoms with Gasteiger partial charge < -0.3 is 15.4 Å². The predicted molar refractivity (Wildman–Crippen MR) is 84.2 cm³/mol. The fourth-order valence-electron chi connectivity index (χ4n) is 2.81. The number of ether oxygens (including phenoxy) is 1. The van der Waals surface area contributed by atoms with Crippen molar-refractivity contribution >= 4 is 5.91 Å². The number of benzene rings is 1. The van der Waals surface area contributed by atoms with E-state index in [2.05, 4.69) is 41.8 Å². The normalized spacial score (nSPS) is 19.0. The lowest BCUT2D eigenvalue weighted by Crippen LogP contribution is -2.54. The van der Waals surface area contributed by atoms with Gasteiger partial charge in [0.1, 0.15) is 5.60 Å². The SMILES string of the molecule is CCc1ccc(C(C)NC(=O)C2(OC)CCNCC2)cc1. The molecule has 0 radical (unpaired) electrons. The quantitative estimate of drug-likeness (QED) is 0.874. The lowest BCUT2D eigenvalue weighted by Gasteiger charge is -2.35. The molecule has 1 heterocycles. The second-order valence-electron chi connectivity index (χ2n) is 5.74. The van der Waals surface area contributed by atoms with E-state index in [0.29, 0.717) is 0 Å². The summed E-state index contributed by atoms with van der Waals surface area (Å²) in [5, 5.41) is 6.37. The van der Waals surface area contributed by atoms with E-state index in [0.717, 1.165) is 37.9 Å². The molecule has 0 bridgehead atoms. The number of carbonyl (C=O) groups excluding carboxylic acids is 1. The third kappa shape index (κ3) is 3.63. The minimum absolute atomic E-state index is 0.00133. The van der Waals surface area contributed by atoms with Crippen molar-refractivity contribution in [2.75, 3.05) is 20.2 Å². The number of aryl methyl sites for hydroxylation is 1. The van der Waals surface area contributed by atoms with Crippen LogP contribution in [0.15, 0.2) is 24.3 Å². The molecule has 2 rings (SSSR count). The average molecular weight is 290 g/mol. The molecule has 1 saturated heterocycles. The first-order valence-electron chi connectivity index (χ1n) is 7.77. The van der Waals surface area contributed by atoms with E-state index in [1.165, 1.54) is 5.56 Å². The van der Waals surface area contributed by atoms with Crippen LogP contribution in [0.25, 0.3) is 0 Å². The highest BCUT2D eigenvalue weighted by molar-refractivity contribution is 5.85. The molecule has 0 saturated carbocycles. The van der Waals surface area contributed by atoms with E-state index in [1.54, 1.807) is 7.11 Å². The molecule has 116 valence electrons. The molecule has 1 fully saturated rings. The Labute approximate surface area is 127 Å². The number of carbonyl (C=O) groups is 1. The Bertz CT molecular complexity index is 464. The minimum Gasteiger partial charge on any atom is -0.368 e. The highest BCUT2D eigenvalue weighted by atomic mass is 16.5. The zero-order chi connectivity index (χ0) is 15.3. The molecule has 0 aliphatic carbocycles. The molecule has 1 aromatic carbocycles. The van der Waals surface area contributed by atoms with Crippen molar-refractivity contribution in [1.29, 1.82) is 0 Å². The van der Waals surface area contributed by atoms with Crippen LogP contribution in [-0.4, -0.2) is 31.7 Å². The Balaban J connectivity index is 2.03. The summed E-state index contributed by atoms with van der Waals surface area (Å²) in [5.74, 6) is -0.00133. The number of nitrogens with one attached hydrogen (secondary N) is 2. The third-order valence-electron chi connectivity index (χ3n) is 4.45. The monoisotopic (exact) mass is 290 g/mol. The van der Waals surface area contributed by atoms with Gasteiger partial charge in [0.2, 0.25) is 0 Å². The van der Waals surface area contributed by atoms with Gasteiger partial charge >= 0.3 is 0 Å². The van der Waals surface area contributed by atoms with Crippen molar-refractivity contribution in [3.8, 4) is 0 Å². The molecule has 1 aliphatic rings. The standard InChI is InChI=1S/C17H26N2O2/c1-4-14-5-7-15(8-6-14)13(2)19-16(20)17(21-3)9-11-18-12-10-17/h5-8,13,18H,4,9-12H2,1-3H3,(H,19,20). The Morgan fingerprint density at radius 1 is 1.33 bits per heavy atom. The Hall–Kier alpha value is -1.39. The van der Waals surface area contributed by atoms with Gasteiger partial charge in [-0.25, -0.2) is 0 Å². The maximum Gasteiger partial charge on any atom is 0.252 e. The second kappa shape index (κ2) is 7.05. The van der Waals surface area contributed by atoms with E-state index in [-0.39, 0.29) is 11.9 Å². The summed E-state index contributed by atoms with van der Waals surface area (Å²) in [7, 11) is 1.63. The van der Waals surface area contributed by atoms with Crippen LogP contribution in [0.3, 0.4) is 0 Å².